The summed E-state index contributed by atoms with van der Waals surface area (Å²) in [6, 6.07) is 7.92. The zero-order chi connectivity index (χ0) is 13.7. The van der Waals surface area contributed by atoms with Crippen LogP contribution < -0.4 is 15.4 Å². The van der Waals surface area contributed by atoms with E-state index >= 15 is 0 Å². The average Bonchev–Trinajstić information content (AvgIpc) is 2.46. The lowest BCUT2D eigenvalue weighted by molar-refractivity contribution is 0.410. The molecule has 0 radical (unpaired) electrons. The van der Waals surface area contributed by atoms with Crippen molar-refractivity contribution in [3.8, 4) is 5.75 Å². The highest BCUT2D eigenvalue weighted by Gasteiger charge is 2.05. The number of aromatic nitrogens is 2. The van der Waals surface area contributed by atoms with Gasteiger partial charge in [-0.15, -0.1) is 0 Å². The minimum Gasteiger partial charge on any atom is -0.496 e. The lowest BCUT2D eigenvalue weighted by atomic mass is 10.2. The Bertz CT molecular complexity index is 557. The van der Waals surface area contributed by atoms with Crippen LogP contribution in [0.5, 0.6) is 5.75 Å². The number of anilines is 2. The summed E-state index contributed by atoms with van der Waals surface area (Å²) < 4.78 is 5.32. The SMILES string of the molecule is CNc1ncc(C)c(NCc2ccccc2OC)n1. The molecule has 1 aromatic heterocycles. The molecule has 0 spiro atoms. The maximum absolute atomic E-state index is 5.32. The molecule has 0 aliphatic rings. The van der Waals surface area contributed by atoms with Crippen molar-refractivity contribution < 1.29 is 4.74 Å². The van der Waals surface area contributed by atoms with Crippen LogP contribution >= 0.6 is 0 Å². The van der Waals surface area contributed by atoms with Crippen LogP contribution in [0.3, 0.4) is 0 Å². The van der Waals surface area contributed by atoms with Gasteiger partial charge in [-0.2, -0.15) is 4.98 Å². The summed E-state index contributed by atoms with van der Waals surface area (Å²) >= 11 is 0. The molecule has 0 saturated heterocycles. The molecule has 2 N–H and O–H groups in total. The number of hydrogen-bond acceptors (Lipinski definition) is 5. The molecule has 2 rings (SSSR count). The lowest BCUT2D eigenvalue weighted by Crippen LogP contribution is -2.07. The Morgan fingerprint density at radius 3 is 2.79 bits per heavy atom. The molecule has 0 bridgehead atoms. The molecule has 5 heteroatoms. The second-order valence-electron chi connectivity index (χ2n) is 4.14. The third-order valence-corrected chi connectivity index (χ3v) is 2.83. The highest BCUT2D eigenvalue weighted by Crippen LogP contribution is 2.19. The Balaban J connectivity index is 2.14. The number of aryl methyl sites for hydroxylation is 1. The molecular formula is C14H18N4O. The molecule has 0 aliphatic carbocycles. The molecule has 0 unspecified atom stereocenters. The van der Waals surface area contributed by atoms with Crippen LogP contribution in [0.15, 0.2) is 30.5 Å². The number of nitrogens with one attached hydrogen (secondary N) is 2. The van der Waals surface area contributed by atoms with E-state index in [2.05, 4.69) is 20.6 Å². The highest BCUT2D eigenvalue weighted by molar-refractivity contribution is 5.47. The molecule has 19 heavy (non-hydrogen) atoms. The van der Waals surface area contributed by atoms with Crippen molar-refractivity contribution in [3.63, 3.8) is 0 Å². The van der Waals surface area contributed by atoms with Gasteiger partial charge >= 0.3 is 0 Å². The van der Waals surface area contributed by atoms with E-state index in [-0.39, 0.29) is 0 Å². The van der Waals surface area contributed by atoms with Crippen molar-refractivity contribution in [2.75, 3.05) is 24.8 Å². The van der Waals surface area contributed by atoms with Crippen molar-refractivity contribution in [3.05, 3.63) is 41.6 Å². The quantitative estimate of drug-likeness (QED) is 0.862. The second kappa shape index (κ2) is 6.04. The van der Waals surface area contributed by atoms with Gasteiger partial charge in [0, 0.05) is 30.9 Å². The van der Waals surface area contributed by atoms with Crippen molar-refractivity contribution >= 4 is 11.8 Å². The largest absolute Gasteiger partial charge is 0.496 e. The number of para-hydroxylation sites is 1. The molecule has 0 aliphatic heterocycles. The van der Waals surface area contributed by atoms with E-state index in [4.69, 9.17) is 4.74 Å². The first kappa shape index (κ1) is 13.1. The molecule has 100 valence electrons. The van der Waals surface area contributed by atoms with Crippen LogP contribution in [0, 0.1) is 6.92 Å². The number of benzene rings is 1. The summed E-state index contributed by atoms with van der Waals surface area (Å²) in [6.07, 6.45) is 1.80. The van der Waals surface area contributed by atoms with Crippen LogP contribution in [0.4, 0.5) is 11.8 Å². The average molecular weight is 258 g/mol. The van der Waals surface area contributed by atoms with Gasteiger partial charge in [-0.05, 0) is 13.0 Å². The predicted molar refractivity (Wildman–Crippen MR) is 76.6 cm³/mol. The first-order chi connectivity index (χ1) is 9.24. The van der Waals surface area contributed by atoms with E-state index in [1.165, 1.54) is 0 Å². The van der Waals surface area contributed by atoms with Crippen LogP contribution in [0.2, 0.25) is 0 Å². The zero-order valence-corrected chi connectivity index (χ0v) is 11.4. The monoisotopic (exact) mass is 258 g/mol. The molecule has 0 amide bonds. The summed E-state index contributed by atoms with van der Waals surface area (Å²) in [5, 5.41) is 6.24. The van der Waals surface area contributed by atoms with Gasteiger partial charge in [-0.3, -0.25) is 0 Å². The number of ether oxygens (including phenoxy) is 1. The maximum atomic E-state index is 5.32. The van der Waals surface area contributed by atoms with E-state index in [9.17, 15) is 0 Å². The minimum absolute atomic E-state index is 0.605. The first-order valence-corrected chi connectivity index (χ1v) is 6.11. The van der Waals surface area contributed by atoms with Gasteiger partial charge in [-0.1, -0.05) is 18.2 Å². The topological polar surface area (TPSA) is 59.1 Å². The fraction of sp³-hybridized carbons (Fsp3) is 0.286. The standard InChI is InChI=1S/C14H18N4O/c1-10-8-17-14(15-2)18-13(10)16-9-11-6-4-5-7-12(11)19-3/h4-8H,9H2,1-3H3,(H2,15,16,17,18). The second-order valence-corrected chi connectivity index (χ2v) is 4.14. The smallest absolute Gasteiger partial charge is 0.224 e. The van der Waals surface area contributed by atoms with Crippen molar-refractivity contribution in [2.45, 2.75) is 13.5 Å². The molecule has 2 aromatic rings. The molecule has 0 fully saturated rings. The van der Waals surface area contributed by atoms with E-state index in [0.29, 0.717) is 12.5 Å². The number of methoxy groups -OCH3 is 1. The summed E-state index contributed by atoms with van der Waals surface area (Å²) in [7, 11) is 3.47. The number of rotatable bonds is 5. The fourth-order valence-electron chi connectivity index (χ4n) is 1.77. The summed E-state index contributed by atoms with van der Waals surface area (Å²) in [4.78, 5) is 8.55. The van der Waals surface area contributed by atoms with E-state index in [1.54, 1.807) is 20.4 Å². The predicted octanol–water partition coefficient (Wildman–Crippen LogP) is 2.45. The Hall–Kier alpha value is -2.30. The summed E-state index contributed by atoms with van der Waals surface area (Å²) in [5.41, 5.74) is 2.10. The Morgan fingerprint density at radius 1 is 1.26 bits per heavy atom. The van der Waals surface area contributed by atoms with Gasteiger partial charge in [0.15, 0.2) is 0 Å². The molecule has 5 nitrogen and oxygen atoms in total. The Kier molecular flexibility index (Phi) is 4.18. The van der Waals surface area contributed by atoms with Crippen LogP contribution in [0.1, 0.15) is 11.1 Å². The van der Waals surface area contributed by atoms with Crippen molar-refractivity contribution in [1.29, 1.82) is 0 Å². The van der Waals surface area contributed by atoms with Crippen molar-refractivity contribution in [1.82, 2.24) is 9.97 Å². The number of nitrogens with zero attached hydrogens (tertiary/aromatic N) is 2. The van der Waals surface area contributed by atoms with E-state index in [0.717, 1.165) is 22.7 Å². The summed E-state index contributed by atoms with van der Waals surface area (Å²) in [6.45, 7) is 2.63. The molecule has 1 heterocycles. The van der Waals surface area contributed by atoms with Gasteiger partial charge < -0.3 is 15.4 Å². The van der Waals surface area contributed by atoms with Crippen LogP contribution in [-0.4, -0.2) is 24.1 Å². The minimum atomic E-state index is 0.605. The fourth-order valence-corrected chi connectivity index (χ4v) is 1.77. The molecule has 0 saturated carbocycles. The van der Waals surface area contributed by atoms with Crippen molar-refractivity contribution in [2.24, 2.45) is 0 Å². The van der Waals surface area contributed by atoms with Gasteiger partial charge in [0.25, 0.3) is 0 Å². The lowest BCUT2D eigenvalue weighted by Gasteiger charge is -2.12. The van der Waals surface area contributed by atoms with Crippen LogP contribution in [0.25, 0.3) is 0 Å². The first-order valence-electron chi connectivity index (χ1n) is 6.11. The molecule has 0 atom stereocenters. The maximum Gasteiger partial charge on any atom is 0.224 e. The third kappa shape index (κ3) is 3.13. The normalized spacial score (nSPS) is 10.1. The molecular weight excluding hydrogens is 240 g/mol. The zero-order valence-electron chi connectivity index (χ0n) is 11.4. The van der Waals surface area contributed by atoms with Crippen LogP contribution in [-0.2, 0) is 6.54 Å². The number of hydrogen-bond donors (Lipinski definition) is 2. The Labute approximate surface area is 113 Å². The summed E-state index contributed by atoms with van der Waals surface area (Å²) in [5.74, 6) is 2.30. The van der Waals surface area contributed by atoms with Gasteiger partial charge in [0.2, 0.25) is 5.95 Å². The van der Waals surface area contributed by atoms with Gasteiger partial charge in [0.1, 0.15) is 11.6 Å². The van der Waals surface area contributed by atoms with Gasteiger partial charge in [0.05, 0.1) is 7.11 Å². The van der Waals surface area contributed by atoms with E-state index in [1.807, 2.05) is 31.2 Å². The Morgan fingerprint density at radius 2 is 2.05 bits per heavy atom. The molecule has 1 aromatic carbocycles. The third-order valence-electron chi connectivity index (χ3n) is 2.83. The van der Waals surface area contributed by atoms with E-state index < -0.39 is 0 Å². The van der Waals surface area contributed by atoms with Gasteiger partial charge in [-0.25, -0.2) is 4.98 Å². The highest BCUT2D eigenvalue weighted by atomic mass is 16.5.